The largest absolute Gasteiger partial charge is 0.375 e. The molecule has 0 saturated heterocycles. The second kappa shape index (κ2) is 7.13. The summed E-state index contributed by atoms with van der Waals surface area (Å²) in [5.74, 6) is -1.18. The number of carbonyl (C=O) groups is 1. The van der Waals surface area contributed by atoms with Gasteiger partial charge in [0.05, 0.1) is 23.8 Å². The van der Waals surface area contributed by atoms with Gasteiger partial charge in [0.15, 0.2) is 0 Å². The van der Waals surface area contributed by atoms with Gasteiger partial charge in [-0.1, -0.05) is 29.8 Å². The van der Waals surface area contributed by atoms with E-state index >= 15 is 0 Å². The molecule has 0 aliphatic heterocycles. The molecule has 0 aliphatic carbocycles. The minimum Gasteiger partial charge on any atom is -0.375 e. The van der Waals surface area contributed by atoms with Crippen molar-refractivity contribution < 1.29 is 13.9 Å². The smallest absolute Gasteiger partial charge is 0.255 e. The Morgan fingerprint density at radius 1 is 1.56 bits per heavy atom. The lowest BCUT2D eigenvalue weighted by Gasteiger charge is -2.08. The van der Waals surface area contributed by atoms with Crippen molar-refractivity contribution in [3.8, 4) is 0 Å². The molecule has 18 heavy (non-hydrogen) atoms. The van der Waals surface area contributed by atoms with Gasteiger partial charge in [0.1, 0.15) is 5.82 Å². The maximum atomic E-state index is 13.4. The fraction of sp³-hybridized carbons (Fsp3) is 0.308. The van der Waals surface area contributed by atoms with Gasteiger partial charge in [-0.2, -0.15) is 0 Å². The van der Waals surface area contributed by atoms with Gasteiger partial charge < -0.3 is 10.1 Å². The average Bonchev–Trinajstić information content (AvgIpc) is 2.27. The maximum absolute atomic E-state index is 13.4. The van der Waals surface area contributed by atoms with E-state index in [2.05, 4.69) is 11.9 Å². The molecule has 0 saturated carbocycles. The van der Waals surface area contributed by atoms with E-state index in [1.807, 2.05) is 6.92 Å². The highest BCUT2D eigenvalue weighted by molar-refractivity contribution is 6.33. The SMILES string of the molecule is C=C(C)COCCNC(=O)c1c(F)cccc1Cl. The molecule has 0 aliphatic rings. The summed E-state index contributed by atoms with van der Waals surface area (Å²) >= 11 is 5.76. The summed E-state index contributed by atoms with van der Waals surface area (Å²) in [6.45, 7) is 6.59. The zero-order chi connectivity index (χ0) is 13.5. The van der Waals surface area contributed by atoms with Gasteiger partial charge in [-0.05, 0) is 19.1 Å². The summed E-state index contributed by atoms with van der Waals surface area (Å²) < 4.78 is 18.6. The van der Waals surface area contributed by atoms with Gasteiger partial charge in [-0.15, -0.1) is 0 Å². The molecule has 3 nitrogen and oxygen atoms in total. The summed E-state index contributed by atoms with van der Waals surface area (Å²) in [6, 6.07) is 4.11. The van der Waals surface area contributed by atoms with Crippen molar-refractivity contribution in [3.63, 3.8) is 0 Å². The standard InChI is InChI=1S/C13H15ClFNO2/c1-9(2)8-18-7-6-16-13(17)12-10(14)4-3-5-11(12)15/h3-5H,1,6-8H2,2H3,(H,16,17). The van der Waals surface area contributed by atoms with Crippen LogP contribution in [0.4, 0.5) is 4.39 Å². The fourth-order valence-corrected chi connectivity index (χ4v) is 1.54. The third-order valence-electron chi connectivity index (χ3n) is 2.07. The molecule has 0 bridgehead atoms. The van der Waals surface area contributed by atoms with Crippen LogP contribution in [0.2, 0.25) is 5.02 Å². The van der Waals surface area contributed by atoms with Crippen LogP contribution >= 0.6 is 11.6 Å². The molecule has 0 atom stereocenters. The van der Waals surface area contributed by atoms with Gasteiger partial charge in [0, 0.05) is 6.54 Å². The molecular formula is C13H15ClFNO2. The van der Waals surface area contributed by atoms with Gasteiger partial charge in [0.2, 0.25) is 0 Å². The van der Waals surface area contributed by atoms with Crippen molar-refractivity contribution >= 4 is 17.5 Å². The van der Waals surface area contributed by atoms with Crippen LogP contribution < -0.4 is 5.32 Å². The van der Waals surface area contributed by atoms with Gasteiger partial charge in [0.25, 0.3) is 5.91 Å². The molecule has 0 heterocycles. The molecule has 98 valence electrons. The topological polar surface area (TPSA) is 38.3 Å². The zero-order valence-electron chi connectivity index (χ0n) is 10.1. The van der Waals surface area contributed by atoms with E-state index in [-0.39, 0.29) is 17.1 Å². The normalized spacial score (nSPS) is 10.2. The zero-order valence-corrected chi connectivity index (χ0v) is 10.9. The lowest BCUT2D eigenvalue weighted by atomic mass is 10.2. The number of nitrogens with one attached hydrogen (secondary N) is 1. The minimum absolute atomic E-state index is 0.0929. The molecule has 5 heteroatoms. The number of carbonyl (C=O) groups excluding carboxylic acids is 1. The highest BCUT2D eigenvalue weighted by Gasteiger charge is 2.14. The van der Waals surface area contributed by atoms with E-state index in [4.69, 9.17) is 16.3 Å². The number of rotatable bonds is 6. The van der Waals surface area contributed by atoms with Crippen molar-refractivity contribution in [1.29, 1.82) is 0 Å². The lowest BCUT2D eigenvalue weighted by molar-refractivity contribution is 0.0923. The van der Waals surface area contributed by atoms with Crippen LogP contribution in [0.3, 0.4) is 0 Å². The summed E-state index contributed by atoms with van der Waals surface area (Å²) in [6.07, 6.45) is 0. The third kappa shape index (κ3) is 4.47. The summed E-state index contributed by atoms with van der Waals surface area (Å²) in [5.41, 5.74) is 0.762. The van der Waals surface area contributed by atoms with Crippen LogP contribution in [0.5, 0.6) is 0 Å². The van der Waals surface area contributed by atoms with Crippen LogP contribution in [0.25, 0.3) is 0 Å². The summed E-state index contributed by atoms with van der Waals surface area (Å²) in [4.78, 5) is 11.7. The minimum atomic E-state index is -0.636. The van der Waals surface area contributed by atoms with Crippen molar-refractivity contribution in [2.24, 2.45) is 0 Å². The Balaban J connectivity index is 2.44. The molecule has 0 aromatic heterocycles. The van der Waals surface area contributed by atoms with Gasteiger partial charge in [-0.25, -0.2) is 4.39 Å². The Morgan fingerprint density at radius 3 is 2.89 bits per heavy atom. The molecule has 0 fully saturated rings. The van der Waals surface area contributed by atoms with Crippen molar-refractivity contribution in [1.82, 2.24) is 5.32 Å². The van der Waals surface area contributed by atoms with E-state index in [0.717, 1.165) is 5.57 Å². The van der Waals surface area contributed by atoms with Crippen molar-refractivity contribution in [2.75, 3.05) is 19.8 Å². The highest BCUT2D eigenvalue weighted by Crippen LogP contribution is 2.18. The first kappa shape index (κ1) is 14.7. The molecule has 0 radical (unpaired) electrons. The van der Waals surface area contributed by atoms with Gasteiger partial charge >= 0.3 is 0 Å². The van der Waals surface area contributed by atoms with E-state index < -0.39 is 11.7 Å². The molecule has 1 rings (SSSR count). The first-order valence-corrected chi connectivity index (χ1v) is 5.84. The number of hydrogen-bond acceptors (Lipinski definition) is 2. The Bertz CT molecular complexity index is 428. The molecular weight excluding hydrogens is 257 g/mol. The second-order valence-corrected chi connectivity index (χ2v) is 4.27. The number of halogens is 2. The van der Waals surface area contributed by atoms with Gasteiger partial charge in [-0.3, -0.25) is 4.79 Å². The Kier molecular flexibility index (Phi) is 5.82. The first-order valence-electron chi connectivity index (χ1n) is 5.46. The fourth-order valence-electron chi connectivity index (χ4n) is 1.29. The summed E-state index contributed by atoms with van der Waals surface area (Å²) in [7, 11) is 0. The predicted molar refractivity (Wildman–Crippen MR) is 69.4 cm³/mol. The number of hydrogen-bond donors (Lipinski definition) is 1. The molecule has 0 spiro atoms. The van der Waals surface area contributed by atoms with E-state index in [9.17, 15) is 9.18 Å². The van der Waals surface area contributed by atoms with Crippen LogP contribution in [-0.4, -0.2) is 25.7 Å². The molecule has 1 N–H and O–H groups in total. The molecule has 0 unspecified atom stereocenters. The molecule has 1 aromatic carbocycles. The Hall–Kier alpha value is -1.39. The highest BCUT2D eigenvalue weighted by atomic mass is 35.5. The van der Waals surface area contributed by atoms with Crippen molar-refractivity contribution in [2.45, 2.75) is 6.92 Å². The van der Waals surface area contributed by atoms with Crippen molar-refractivity contribution in [3.05, 3.63) is 46.8 Å². The van der Waals surface area contributed by atoms with Crippen LogP contribution in [-0.2, 0) is 4.74 Å². The molecule has 1 aromatic rings. The maximum Gasteiger partial charge on any atom is 0.255 e. The van der Waals surface area contributed by atoms with Crippen LogP contribution in [0.1, 0.15) is 17.3 Å². The number of benzene rings is 1. The predicted octanol–water partition coefficient (Wildman–Crippen LogP) is 2.80. The summed E-state index contributed by atoms with van der Waals surface area (Å²) in [5, 5.41) is 2.63. The monoisotopic (exact) mass is 271 g/mol. The van der Waals surface area contributed by atoms with E-state index in [1.54, 1.807) is 0 Å². The number of ether oxygens (including phenoxy) is 1. The Labute approximate surface area is 111 Å². The quantitative estimate of drug-likeness (QED) is 0.638. The van der Waals surface area contributed by atoms with Crippen LogP contribution in [0, 0.1) is 5.82 Å². The average molecular weight is 272 g/mol. The first-order chi connectivity index (χ1) is 8.52. The van der Waals surface area contributed by atoms with E-state index in [0.29, 0.717) is 13.2 Å². The third-order valence-corrected chi connectivity index (χ3v) is 2.39. The lowest BCUT2D eigenvalue weighted by Crippen LogP contribution is -2.28. The van der Waals surface area contributed by atoms with Crippen LogP contribution in [0.15, 0.2) is 30.4 Å². The molecule has 1 amide bonds. The second-order valence-electron chi connectivity index (χ2n) is 3.86. The Morgan fingerprint density at radius 2 is 2.28 bits per heavy atom. The van der Waals surface area contributed by atoms with E-state index in [1.165, 1.54) is 18.2 Å². The number of amides is 1.